The number of rotatable bonds is 2. The zero-order valence-corrected chi connectivity index (χ0v) is 11.8. The van der Waals surface area contributed by atoms with E-state index in [2.05, 4.69) is 22.1 Å². The minimum Gasteiger partial charge on any atom is -0.436 e. The Labute approximate surface area is 117 Å². The quantitative estimate of drug-likeness (QED) is 0.829. The van der Waals surface area contributed by atoms with E-state index in [1.54, 1.807) is 0 Å². The molecule has 19 heavy (non-hydrogen) atoms. The molecule has 0 bridgehead atoms. The van der Waals surface area contributed by atoms with E-state index in [1.807, 2.05) is 19.9 Å². The lowest BCUT2D eigenvalue weighted by atomic mass is 10.1. The zero-order valence-electron chi connectivity index (χ0n) is 11.0. The number of ether oxygens (including phenoxy) is 1. The molecule has 0 radical (unpaired) electrons. The molecule has 0 N–H and O–H groups in total. The van der Waals surface area contributed by atoms with Crippen LogP contribution < -0.4 is 4.74 Å². The number of halogens is 1. The molecule has 0 fully saturated rings. The monoisotopic (exact) mass is 274 g/mol. The summed E-state index contributed by atoms with van der Waals surface area (Å²) in [5.41, 5.74) is 4.45. The maximum Gasteiger partial charge on any atom is 0.257 e. The van der Waals surface area contributed by atoms with E-state index in [1.165, 1.54) is 24.0 Å². The van der Waals surface area contributed by atoms with Gasteiger partial charge in [-0.25, -0.2) is 9.97 Å². The smallest absolute Gasteiger partial charge is 0.257 e. The average Bonchev–Trinajstić information content (AvgIpc) is 2.83. The van der Waals surface area contributed by atoms with Gasteiger partial charge in [-0.3, -0.25) is 0 Å². The lowest BCUT2D eigenvalue weighted by Gasteiger charge is -2.09. The third kappa shape index (κ3) is 2.43. The standard InChI is InChI=1S/C15H15ClN2O/c1-9-10(2)18-15(14(16)17-9)19-13-7-6-11-4-3-5-12(11)8-13/h6-8H,3-5H2,1-2H3. The van der Waals surface area contributed by atoms with Crippen molar-refractivity contribution in [2.45, 2.75) is 33.1 Å². The highest BCUT2D eigenvalue weighted by Crippen LogP contribution is 2.30. The van der Waals surface area contributed by atoms with E-state index < -0.39 is 0 Å². The van der Waals surface area contributed by atoms with Crippen molar-refractivity contribution in [1.82, 2.24) is 9.97 Å². The lowest BCUT2D eigenvalue weighted by Crippen LogP contribution is -1.97. The second kappa shape index (κ2) is 4.82. The first kappa shape index (κ1) is 12.4. The first-order chi connectivity index (χ1) is 9.13. The van der Waals surface area contributed by atoms with Gasteiger partial charge in [-0.05, 0) is 56.4 Å². The van der Waals surface area contributed by atoms with Crippen LogP contribution in [0.25, 0.3) is 0 Å². The number of aryl methyl sites for hydroxylation is 4. The summed E-state index contributed by atoms with van der Waals surface area (Å²) in [5.74, 6) is 1.16. The van der Waals surface area contributed by atoms with Crippen LogP contribution in [0.4, 0.5) is 0 Å². The van der Waals surface area contributed by atoms with Gasteiger partial charge in [0.2, 0.25) is 0 Å². The number of hydrogen-bond acceptors (Lipinski definition) is 3. The van der Waals surface area contributed by atoms with Gasteiger partial charge >= 0.3 is 0 Å². The summed E-state index contributed by atoms with van der Waals surface area (Å²) in [7, 11) is 0. The molecule has 1 aliphatic carbocycles. The average molecular weight is 275 g/mol. The van der Waals surface area contributed by atoms with Crippen LogP contribution in [0.5, 0.6) is 11.6 Å². The van der Waals surface area contributed by atoms with Crippen molar-refractivity contribution in [1.29, 1.82) is 0 Å². The van der Waals surface area contributed by atoms with Crippen LogP contribution in [0.2, 0.25) is 5.15 Å². The van der Waals surface area contributed by atoms with Crippen molar-refractivity contribution in [2.75, 3.05) is 0 Å². The van der Waals surface area contributed by atoms with Crippen molar-refractivity contribution >= 4 is 11.6 Å². The van der Waals surface area contributed by atoms with Crippen LogP contribution in [-0.4, -0.2) is 9.97 Å². The summed E-state index contributed by atoms with van der Waals surface area (Å²) in [5, 5.41) is 0.309. The van der Waals surface area contributed by atoms with Crippen LogP contribution in [0, 0.1) is 13.8 Å². The normalized spacial score (nSPS) is 13.4. The van der Waals surface area contributed by atoms with E-state index in [0.717, 1.165) is 23.6 Å². The minimum absolute atomic E-state index is 0.309. The molecule has 1 heterocycles. The zero-order chi connectivity index (χ0) is 13.4. The number of benzene rings is 1. The summed E-state index contributed by atoms with van der Waals surface area (Å²) in [6.45, 7) is 3.78. The highest BCUT2D eigenvalue weighted by Gasteiger charge is 2.13. The molecule has 0 saturated heterocycles. The Morgan fingerprint density at radius 1 is 1.05 bits per heavy atom. The van der Waals surface area contributed by atoms with Crippen molar-refractivity contribution < 1.29 is 4.74 Å². The van der Waals surface area contributed by atoms with Gasteiger partial charge in [0.1, 0.15) is 5.75 Å². The van der Waals surface area contributed by atoms with Crippen LogP contribution in [-0.2, 0) is 12.8 Å². The van der Waals surface area contributed by atoms with E-state index in [0.29, 0.717) is 11.0 Å². The fourth-order valence-electron chi connectivity index (χ4n) is 2.34. The molecule has 98 valence electrons. The molecule has 0 atom stereocenters. The molecule has 0 spiro atoms. The fraction of sp³-hybridized carbons (Fsp3) is 0.333. The van der Waals surface area contributed by atoms with Crippen LogP contribution >= 0.6 is 11.6 Å². The van der Waals surface area contributed by atoms with Crippen LogP contribution in [0.15, 0.2) is 18.2 Å². The van der Waals surface area contributed by atoms with E-state index >= 15 is 0 Å². The molecule has 3 nitrogen and oxygen atoms in total. The molecule has 0 saturated carbocycles. The summed E-state index contributed by atoms with van der Waals surface area (Å²) < 4.78 is 5.76. The Morgan fingerprint density at radius 2 is 1.79 bits per heavy atom. The van der Waals surface area contributed by atoms with Gasteiger partial charge in [0.05, 0.1) is 11.4 Å². The number of hydrogen-bond donors (Lipinski definition) is 0. The summed E-state index contributed by atoms with van der Waals surface area (Å²) in [4.78, 5) is 8.56. The number of fused-ring (bicyclic) bond motifs is 1. The molecule has 1 aliphatic rings. The second-order valence-corrected chi connectivity index (χ2v) is 5.23. The van der Waals surface area contributed by atoms with Crippen molar-refractivity contribution in [2.24, 2.45) is 0 Å². The van der Waals surface area contributed by atoms with Crippen molar-refractivity contribution in [3.63, 3.8) is 0 Å². The maximum atomic E-state index is 6.07. The second-order valence-electron chi connectivity index (χ2n) is 4.88. The van der Waals surface area contributed by atoms with Gasteiger partial charge < -0.3 is 4.74 Å². The van der Waals surface area contributed by atoms with Gasteiger partial charge in [-0.15, -0.1) is 0 Å². The predicted octanol–water partition coefficient (Wildman–Crippen LogP) is 4.03. The predicted molar refractivity (Wildman–Crippen MR) is 75.1 cm³/mol. The Morgan fingerprint density at radius 3 is 2.63 bits per heavy atom. The molecule has 1 aromatic heterocycles. The van der Waals surface area contributed by atoms with Gasteiger partial charge in [-0.1, -0.05) is 17.7 Å². The molecule has 0 unspecified atom stereocenters. The molecule has 0 amide bonds. The maximum absolute atomic E-state index is 6.07. The topological polar surface area (TPSA) is 35.0 Å². The van der Waals surface area contributed by atoms with Crippen LogP contribution in [0.1, 0.15) is 28.9 Å². The van der Waals surface area contributed by atoms with Gasteiger partial charge in [0, 0.05) is 0 Å². The lowest BCUT2D eigenvalue weighted by molar-refractivity contribution is 0.458. The van der Waals surface area contributed by atoms with Crippen molar-refractivity contribution in [3.8, 4) is 11.6 Å². The molecule has 4 heteroatoms. The molecule has 3 rings (SSSR count). The number of nitrogens with zero attached hydrogens (tertiary/aromatic N) is 2. The molecule has 1 aromatic carbocycles. The largest absolute Gasteiger partial charge is 0.436 e. The van der Waals surface area contributed by atoms with Gasteiger partial charge in [-0.2, -0.15) is 0 Å². The first-order valence-electron chi connectivity index (χ1n) is 6.44. The highest BCUT2D eigenvalue weighted by atomic mass is 35.5. The molecular formula is C15H15ClN2O. The Kier molecular flexibility index (Phi) is 3.15. The van der Waals surface area contributed by atoms with Gasteiger partial charge in [0.25, 0.3) is 5.88 Å². The third-order valence-corrected chi connectivity index (χ3v) is 3.77. The number of aromatic nitrogens is 2. The Hall–Kier alpha value is -1.61. The van der Waals surface area contributed by atoms with E-state index in [9.17, 15) is 0 Å². The Balaban J connectivity index is 1.91. The fourth-order valence-corrected chi connectivity index (χ4v) is 2.55. The Bertz CT molecular complexity index is 640. The first-order valence-corrected chi connectivity index (χ1v) is 6.81. The minimum atomic E-state index is 0.309. The van der Waals surface area contributed by atoms with Gasteiger partial charge in [0.15, 0.2) is 5.15 Å². The summed E-state index contributed by atoms with van der Waals surface area (Å²) in [6.07, 6.45) is 3.52. The van der Waals surface area contributed by atoms with E-state index in [4.69, 9.17) is 16.3 Å². The molecule has 0 aliphatic heterocycles. The van der Waals surface area contributed by atoms with E-state index in [-0.39, 0.29) is 0 Å². The molecule has 2 aromatic rings. The van der Waals surface area contributed by atoms with Crippen LogP contribution in [0.3, 0.4) is 0 Å². The summed E-state index contributed by atoms with van der Waals surface area (Å²) in [6, 6.07) is 6.17. The third-order valence-electron chi connectivity index (χ3n) is 3.52. The van der Waals surface area contributed by atoms with Crippen molar-refractivity contribution in [3.05, 3.63) is 45.9 Å². The molecular weight excluding hydrogens is 260 g/mol. The highest BCUT2D eigenvalue weighted by molar-refractivity contribution is 6.30. The SMILES string of the molecule is Cc1nc(Cl)c(Oc2ccc3c(c2)CCC3)nc1C. The summed E-state index contributed by atoms with van der Waals surface area (Å²) >= 11 is 6.07.